The zero-order chi connectivity index (χ0) is 36.1. The Morgan fingerprint density at radius 1 is 0.857 bits per heavy atom. The largest absolute Gasteiger partial charge is 0.504 e. The highest BCUT2D eigenvalue weighted by Crippen LogP contribution is 2.40. The lowest BCUT2D eigenvalue weighted by atomic mass is 10.1. The second-order valence-electron chi connectivity index (χ2n) is 12.9. The Balaban J connectivity index is 0.000000199. The van der Waals surface area contributed by atoms with Crippen molar-refractivity contribution in [2.45, 2.75) is 60.5 Å². The summed E-state index contributed by atoms with van der Waals surface area (Å²) < 4.78 is 70.7. The smallest absolute Gasteiger partial charge is 0.410 e. The molecule has 0 spiro atoms. The van der Waals surface area contributed by atoms with Gasteiger partial charge in [-0.15, -0.1) is 0 Å². The molecule has 272 valence electrons. The van der Waals surface area contributed by atoms with E-state index >= 15 is 0 Å². The molecule has 0 unspecified atom stereocenters. The zero-order valence-corrected chi connectivity index (χ0v) is 30.1. The summed E-state index contributed by atoms with van der Waals surface area (Å²) >= 11 is 12.0. The fraction of sp³-hybridized carbons (Fsp3) is 0.552. The number of nitrogens with one attached hydrogen (secondary N) is 1. The number of halogens is 2. The number of phenolic OH excluding ortho intramolecular Hbond substituents is 2. The molecule has 4 aliphatic heterocycles. The summed E-state index contributed by atoms with van der Waals surface area (Å²) in [5, 5.41) is 23.2. The summed E-state index contributed by atoms with van der Waals surface area (Å²) in [4.78, 5) is 13.2. The SMILES string of the molecule is CC(C)(C)OC(=O)N1CCO[C@@H]2CN(S(=O)(=O)c3c(Cl)ccc(N)c3O)C[C@H]21.Nc1ccc(Cl)c(S(=O)(=O)N2C[C@H]3NCCO[C@@H]3C2)c1O. The van der Waals surface area contributed by atoms with E-state index in [9.17, 15) is 31.8 Å². The van der Waals surface area contributed by atoms with Gasteiger partial charge in [0.25, 0.3) is 0 Å². The number of nitrogen functional groups attached to an aromatic ring is 2. The minimum atomic E-state index is -4.15. The van der Waals surface area contributed by atoms with Gasteiger partial charge in [0.15, 0.2) is 11.5 Å². The van der Waals surface area contributed by atoms with E-state index in [1.807, 2.05) is 0 Å². The van der Waals surface area contributed by atoms with Gasteiger partial charge in [0.1, 0.15) is 15.4 Å². The van der Waals surface area contributed by atoms with Crippen LogP contribution in [0, 0.1) is 0 Å². The molecule has 20 heteroatoms. The quantitative estimate of drug-likeness (QED) is 0.221. The van der Waals surface area contributed by atoms with Crippen molar-refractivity contribution in [1.29, 1.82) is 0 Å². The minimum Gasteiger partial charge on any atom is -0.504 e. The van der Waals surface area contributed by atoms with E-state index in [2.05, 4.69) is 5.32 Å². The third-order valence-corrected chi connectivity index (χ3v) is 13.1. The summed E-state index contributed by atoms with van der Waals surface area (Å²) in [6.45, 7) is 7.64. The molecule has 4 fully saturated rings. The van der Waals surface area contributed by atoms with Crippen LogP contribution in [0.15, 0.2) is 34.1 Å². The molecular weight excluding hydrogens is 727 g/mol. The van der Waals surface area contributed by atoms with Crippen LogP contribution in [0.3, 0.4) is 0 Å². The van der Waals surface area contributed by atoms with E-state index in [1.165, 1.54) is 33.5 Å². The average Bonchev–Trinajstić information content (AvgIpc) is 3.66. The van der Waals surface area contributed by atoms with Crippen molar-refractivity contribution in [3.63, 3.8) is 0 Å². The first-order valence-electron chi connectivity index (χ1n) is 15.3. The van der Waals surface area contributed by atoms with Gasteiger partial charge in [0.05, 0.1) is 52.9 Å². The molecular formula is C29H40Cl2N6O10S2. The van der Waals surface area contributed by atoms with Crippen molar-refractivity contribution >= 4 is 60.7 Å². The van der Waals surface area contributed by atoms with Gasteiger partial charge in [-0.1, -0.05) is 23.2 Å². The topological polar surface area (TPSA) is 227 Å². The number of sulfonamides is 2. The van der Waals surface area contributed by atoms with Gasteiger partial charge >= 0.3 is 6.09 Å². The van der Waals surface area contributed by atoms with Crippen molar-refractivity contribution in [1.82, 2.24) is 18.8 Å². The van der Waals surface area contributed by atoms with Gasteiger partial charge in [-0.2, -0.15) is 8.61 Å². The second-order valence-corrected chi connectivity index (χ2v) is 17.5. The van der Waals surface area contributed by atoms with Gasteiger partial charge in [-0.25, -0.2) is 21.6 Å². The monoisotopic (exact) mass is 766 g/mol. The highest BCUT2D eigenvalue weighted by Gasteiger charge is 2.48. The van der Waals surface area contributed by atoms with Crippen molar-refractivity contribution in [2.75, 3.05) is 63.9 Å². The lowest BCUT2D eigenvalue weighted by Crippen LogP contribution is -2.54. The number of hydrogen-bond acceptors (Lipinski definition) is 13. The Morgan fingerprint density at radius 3 is 1.90 bits per heavy atom. The number of anilines is 2. The van der Waals surface area contributed by atoms with Crippen LogP contribution >= 0.6 is 23.2 Å². The van der Waals surface area contributed by atoms with Crippen LogP contribution in [-0.2, 0) is 34.3 Å². The number of carbonyl (C=O) groups is 1. The molecule has 16 nitrogen and oxygen atoms in total. The van der Waals surface area contributed by atoms with Crippen molar-refractivity contribution in [3.8, 4) is 11.5 Å². The van der Waals surface area contributed by atoms with E-state index in [0.29, 0.717) is 19.7 Å². The number of benzene rings is 2. The molecule has 1 amide bonds. The minimum absolute atomic E-state index is 0.00316. The molecule has 0 bridgehead atoms. The van der Waals surface area contributed by atoms with Gasteiger partial charge < -0.3 is 41.2 Å². The second kappa shape index (κ2) is 14.1. The molecule has 6 rings (SSSR count). The number of nitrogens with zero attached hydrogens (tertiary/aromatic N) is 3. The first-order valence-corrected chi connectivity index (χ1v) is 19.0. The number of aromatic hydroxyl groups is 2. The maximum Gasteiger partial charge on any atom is 0.410 e. The Bertz CT molecular complexity index is 1800. The number of phenols is 2. The Hall–Kier alpha value is -2.81. The van der Waals surface area contributed by atoms with Crippen molar-refractivity contribution in [3.05, 3.63) is 34.3 Å². The Kier molecular flexibility index (Phi) is 10.8. The van der Waals surface area contributed by atoms with E-state index in [0.717, 1.165) is 4.31 Å². The zero-order valence-electron chi connectivity index (χ0n) is 27.0. The van der Waals surface area contributed by atoms with E-state index in [4.69, 9.17) is 48.9 Å². The number of amides is 1. The van der Waals surface area contributed by atoms with Crippen LogP contribution in [0.2, 0.25) is 10.0 Å². The molecule has 2 aromatic rings. The van der Waals surface area contributed by atoms with Gasteiger partial charge in [-0.05, 0) is 45.0 Å². The molecule has 0 saturated carbocycles. The molecule has 49 heavy (non-hydrogen) atoms. The molecule has 4 saturated heterocycles. The summed E-state index contributed by atoms with van der Waals surface area (Å²) in [6, 6.07) is 4.83. The van der Waals surface area contributed by atoms with Crippen LogP contribution in [0.4, 0.5) is 16.2 Å². The van der Waals surface area contributed by atoms with Gasteiger partial charge in [0, 0.05) is 45.3 Å². The number of morpholine rings is 2. The molecule has 7 N–H and O–H groups in total. The number of ether oxygens (including phenoxy) is 3. The number of hydrogen-bond donors (Lipinski definition) is 5. The Labute approximate surface area is 294 Å². The summed E-state index contributed by atoms with van der Waals surface area (Å²) in [6.07, 6.45) is -1.21. The summed E-state index contributed by atoms with van der Waals surface area (Å²) in [5.74, 6) is -1.10. The summed E-state index contributed by atoms with van der Waals surface area (Å²) in [5.41, 5.74) is 10.4. The van der Waals surface area contributed by atoms with Crippen LogP contribution in [-0.4, -0.2) is 129 Å². The predicted molar refractivity (Wildman–Crippen MR) is 181 cm³/mol. The normalized spacial score (nSPS) is 24.9. The number of carbonyl (C=O) groups excluding carboxylic acids is 1. The van der Waals surface area contributed by atoms with Crippen molar-refractivity contribution < 1.29 is 46.1 Å². The van der Waals surface area contributed by atoms with E-state index < -0.39 is 60.3 Å². The van der Waals surface area contributed by atoms with Crippen LogP contribution in [0.5, 0.6) is 11.5 Å². The molecule has 0 radical (unpaired) electrons. The number of nitrogens with two attached hydrogens (primary N) is 2. The fourth-order valence-electron chi connectivity index (χ4n) is 6.03. The first kappa shape index (κ1) is 37.4. The third kappa shape index (κ3) is 7.62. The number of rotatable bonds is 4. The number of fused-ring (bicyclic) bond motifs is 2. The standard InChI is InChI=1S/C17H24ClN3O6S.C12H16ClN3O4S/c1-17(2,3)27-16(23)21-6-7-26-13-9-20(8-12(13)21)28(24,25)15-10(18)4-5-11(19)14(15)22;13-7-1-2-8(14)11(17)12(7)21(18,19)16-5-9-10(6-16)20-4-3-15-9/h4-5,12-13,22H,6-9,19H2,1-3H3;1-2,9-10,15,17H,3-6,14H2/t12-,13-;9-,10-/m11/s1. The van der Waals surface area contributed by atoms with Gasteiger partial charge in [0.2, 0.25) is 20.0 Å². The maximum atomic E-state index is 13.1. The molecule has 2 aromatic carbocycles. The van der Waals surface area contributed by atoms with Gasteiger partial charge in [-0.3, -0.25) is 4.90 Å². The fourth-order valence-corrected chi connectivity index (χ4v) is 10.2. The van der Waals surface area contributed by atoms with Crippen LogP contribution < -0.4 is 16.8 Å². The molecule has 4 atom stereocenters. The van der Waals surface area contributed by atoms with Crippen LogP contribution in [0.25, 0.3) is 0 Å². The van der Waals surface area contributed by atoms with Crippen LogP contribution in [0.1, 0.15) is 20.8 Å². The highest BCUT2D eigenvalue weighted by atomic mass is 35.5. The summed E-state index contributed by atoms with van der Waals surface area (Å²) in [7, 11) is -8.08. The molecule has 4 heterocycles. The third-order valence-electron chi connectivity index (χ3n) is 8.39. The Morgan fingerprint density at radius 2 is 1.37 bits per heavy atom. The molecule has 0 aliphatic carbocycles. The maximum absolute atomic E-state index is 13.1. The molecule has 4 aliphatic rings. The van der Waals surface area contributed by atoms with E-state index in [1.54, 1.807) is 20.8 Å². The molecule has 0 aromatic heterocycles. The van der Waals surface area contributed by atoms with Crippen molar-refractivity contribution in [2.24, 2.45) is 0 Å². The van der Waals surface area contributed by atoms with E-state index in [-0.39, 0.29) is 71.2 Å². The average molecular weight is 768 g/mol. The highest BCUT2D eigenvalue weighted by molar-refractivity contribution is 7.89. The lowest BCUT2D eigenvalue weighted by Gasteiger charge is -2.37. The lowest BCUT2D eigenvalue weighted by molar-refractivity contribution is -0.0568. The predicted octanol–water partition coefficient (Wildman–Crippen LogP) is 1.63. The first-order chi connectivity index (χ1) is 22.8.